The van der Waals surface area contributed by atoms with Gasteiger partial charge >= 0.3 is 0 Å². The maximum atomic E-state index is 12.1. The first kappa shape index (κ1) is 16.0. The van der Waals surface area contributed by atoms with Crippen molar-refractivity contribution < 1.29 is 4.79 Å². The number of halogens is 1. The molecule has 1 unspecified atom stereocenters. The largest absolute Gasteiger partial charge is 0.358 e. The maximum absolute atomic E-state index is 12.1. The minimum atomic E-state index is -0.347. The van der Waals surface area contributed by atoms with E-state index in [0.29, 0.717) is 29.2 Å². The predicted octanol–water partition coefficient (Wildman–Crippen LogP) is 2.52. The number of hydrogen-bond acceptors (Lipinski definition) is 5. The van der Waals surface area contributed by atoms with Crippen molar-refractivity contribution in [2.45, 2.75) is 32.0 Å². The van der Waals surface area contributed by atoms with Gasteiger partial charge in [0.2, 0.25) is 5.91 Å². The zero-order chi connectivity index (χ0) is 14.4. The highest BCUT2D eigenvalue weighted by Gasteiger charge is 2.18. The minimum Gasteiger partial charge on any atom is -0.358 e. The van der Waals surface area contributed by atoms with Gasteiger partial charge < -0.3 is 10.2 Å². The zero-order valence-corrected chi connectivity index (χ0v) is 13.2. The summed E-state index contributed by atoms with van der Waals surface area (Å²) in [7, 11) is 0. The fourth-order valence-corrected chi connectivity index (χ4v) is 2.27. The Hall–Kier alpha value is -1.01. The van der Waals surface area contributed by atoms with Crippen LogP contribution in [0.1, 0.15) is 20.8 Å². The van der Waals surface area contributed by atoms with E-state index in [1.54, 1.807) is 11.0 Å². The number of nitrogens with zero attached hydrogens (tertiary/aromatic N) is 3. The van der Waals surface area contributed by atoms with Crippen molar-refractivity contribution in [1.29, 1.82) is 0 Å². The Morgan fingerprint density at radius 3 is 2.63 bits per heavy atom. The molecule has 1 heterocycles. The van der Waals surface area contributed by atoms with Gasteiger partial charge in [0.05, 0.1) is 0 Å². The van der Waals surface area contributed by atoms with Crippen molar-refractivity contribution in [2.24, 2.45) is 0 Å². The van der Waals surface area contributed by atoms with Crippen LogP contribution in [0, 0.1) is 0 Å². The summed E-state index contributed by atoms with van der Waals surface area (Å²) in [6, 6.07) is 1.27. The molecule has 0 fully saturated rings. The van der Waals surface area contributed by atoms with Gasteiger partial charge in [0.1, 0.15) is 17.0 Å². The highest BCUT2D eigenvalue weighted by molar-refractivity contribution is 7.98. The smallest absolute Gasteiger partial charge is 0.244 e. The van der Waals surface area contributed by atoms with Gasteiger partial charge in [-0.25, -0.2) is 9.97 Å². The molecule has 0 radical (unpaired) electrons. The van der Waals surface area contributed by atoms with Gasteiger partial charge in [-0.05, 0) is 27.0 Å². The number of likely N-dealkylation sites (N-methyl/N-ethyl adjacent to an activating group) is 1. The molecule has 0 spiro atoms. The Bertz CT molecular complexity index is 440. The molecule has 0 aromatic carbocycles. The molecule has 106 valence electrons. The molecule has 1 rings (SSSR count). The highest BCUT2D eigenvalue weighted by atomic mass is 35.5. The predicted molar refractivity (Wildman–Crippen MR) is 79.8 cm³/mol. The molecule has 0 aliphatic carbocycles. The molecule has 19 heavy (non-hydrogen) atoms. The lowest BCUT2D eigenvalue weighted by Gasteiger charge is -2.23. The third-order valence-corrected chi connectivity index (χ3v) is 3.41. The van der Waals surface area contributed by atoms with Gasteiger partial charge in [0.25, 0.3) is 0 Å². The molecule has 5 nitrogen and oxygen atoms in total. The summed E-state index contributed by atoms with van der Waals surface area (Å²) in [5.74, 6) is 0.614. The van der Waals surface area contributed by atoms with Crippen molar-refractivity contribution in [3.05, 3.63) is 11.2 Å². The van der Waals surface area contributed by atoms with Crippen LogP contribution in [0.2, 0.25) is 5.15 Å². The number of rotatable bonds is 6. The van der Waals surface area contributed by atoms with Gasteiger partial charge in [-0.1, -0.05) is 23.4 Å². The van der Waals surface area contributed by atoms with E-state index in [2.05, 4.69) is 15.3 Å². The molecule has 1 amide bonds. The van der Waals surface area contributed by atoms with E-state index in [-0.39, 0.29) is 11.9 Å². The second kappa shape index (κ2) is 7.55. The number of anilines is 1. The second-order valence-electron chi connectivity index (χ2n) is 3.94. The number of thioether (sulfide) groups is 1. The van der Waals surface area contributed by atoms with E-state index in [1.165, 1.54) is 11.8 Å². The summed E-state index contributed by atoms with van der Waals surface area (Å²) >= 11 is 7.32. The van der Waals surface area contributed by atoms with E-state index in [0.717, 1.165) is 0 Å². The molecule has 1 N–H and O–H groups in total. The topological polar surface area (TPSA) is 58.1 Å². The Balaban J connectivity index is 2.78. The van der Waals surface area contributed by atoms with Gasteiger partial charge in [0.15, 0.2) is 5.16 Å². The first-order valence-corrected chi connectivity index (χ1v) is 7.75. The summed E-state index contributed by atoms with van der Waals surface area (Å²) < 4.78 is 0. The fourth-order valence-electron chi connectivity index (χ4n) is 1.65. The number of hydrogen-bond donors (Lipinski definition) is 1. The molecule has 0 saturated heterocycles. The second-order valence-corrected chi connectivity index (χ2v) is 5.10. The molecule has 7 heteroatoms. The van der Waals surface area contributed by atoms with Crippen molar-refractivity contribution in [2.75, 3.05) is 24.7 Å². The van der Waals surface area contributed by atoms with Crippen LogP contribution in [0.3, 0.4) is 0 Å². The van der Waals surface area contributed by atoms with E-state index in [9.17, 15) is 4.79 Å². The first-order valence-electron chi connectivity index (χ1n) is 6.15. The number of carbonyl (C=O) groups is 1. The summed E-state index contributed by atoms with van der Waals surface area (Å²) in [6.07, 6.45) is 1.87. The first-order chi connectivity index (χ1) is 9.01. The Morgan fingerprint density at radius 1 is 1.47 bits per heavy atom. The molecule has 1 aromatic rings. The Labute approximate surface area is 123 Å². The van der Waals surface area contributed by atoms with Crippen molar-refractivity contribution in [1.82, 2.24) is 14.9 Å². The lowest BCUT2D eigenvalue weighted by atomic mass is 10.3. The minimum absolute atomic E-state index is 0.0467. The molecule has 0 aliphatic heterocycles. The molecule has 0 saturated carbocycles. The molecule has 1 atom stereocenters. The molecule has 1 aromatic heterocycles. The van der Waals surface area contributed by atoms with Crippen LogP contribution in [0.25, 0.3) is 0 Å². The molecule has 0 bridgehead atoms. The third-order valence-electron chi connectivity index (χ3n) is 2.67. The number of amides is 1. The van der Waals surface area contributed by atoms with Crippen LogP contribution in [0.4, 0.5) is 5.82 Å². The van der Waals surface area contributed by atoms with Gasteiger partial charge in [-0.2, -0.15) is 0 Å². The van der Waals surface area contributed by atoms with Crippen molar-refractivity contribution >= 4 is 35.1 Å². The molecule has 0 aliphatic rings. The number of carbonyl (C=O) groups excluding carboxylic acids is 1. The number of aromatic nitrogens is 2. The average molecular weight is 303 g/mol. The van der Waals surface area contributed by atoms with Crippen molar-refractivity contribution in [3.63, 3.8) is 0 Å². The summed E-state index contributed by atoms with van der Waals surface area (Å²) in [4.78, 5) is 22.2. The Kier molecular flexibility index (Phi) is 6.37. The van der Waals surface area contributed by atoms with Crippen LogP contribution in [-0.2, 0) is 4.79 Å². The number of nitrogens with one attached hydrogen (secondary N) is 1. The van der Waals surface area contributed by atoms with Crippen LogP contribution < -0.4 is 5.32 Å². The lowest BCUT2D eigenvalue weighted by Crippen LogP contribution is -2.41. The Morgan fingerprint density at radius 2 is 2.11 bits per heavy atom. The van der Waals surface area contributed by atoms with Crippen LogP contribution in [0.5, 0.6) is 0 Å². The standard InChI is InChI=1S/C12H19ClN4OS/c1-5-17(6-2)11(18)8(3)14-10-7-9(13)15-12(16-10)19-4/h7-8H,5-6H2,1-4H3,(H,14,15,16). The van der Waals surface area contributed by atoms with Crippen LogP contribution >= 0.6 is 23.4 Å². The zero-order valence-electron chi connectivity index (χ0n) is 11.6. The van der Waals surface area contributed by atoms with E-state index < -0.39 is 0 Å². The average Bonchev–Trinajstić information content (AvgIpc) is 2.39. The molecular formula is C12H19ClN4OS. The normalized spacial score (nSPS) is 12.1. The summed E-state index contributed by atoms with van der Waals surface area (Å²) in [5.41, 5.74) is 0. The van der Waals surface area contributed by atoms with Crippen LogP contribution in [0.15, 0.2) is 11.2 Å². The lowest BCUT2D eigenvalue weighted by molar-refractivity contribution is -0.131. The molecular weight excluding hydrogens is 284 g/mol. The summed E-state index contributed by atoms with van der Waals surface area (Å²) in [5, 5.41) is 4.01. The quantitative estimate of drug-likeness (QED) is 0.497. The van der Waals surface area contributed by atoms with Gasteiger partial charge in [-0.3, -0.25) is 4.79 Å². The van der Waals surface area contributed by atoms with E-state index >= 15 is 0 Å². The third kappa shape index (κ3) is 4.54. The highest BCUT2D eigenvalue weighted by Crippen LogP contribution is 2.18. The van der Waals surface area contributed by atoms with Gasteiger partial charge in [0, 0.05) is 19.2 Å². The monoisotopic (exact) mass is 302 g/mol. The van der Waals surface area contributed by atoms with E-state index in [4.69, 9.17) is 11.6 Å². The van der Waals surface area contributed by atoms with Gasteiger partial charge in [-0.15, -0.1) is 0 Å². The fraction of sp³-hybridized carbons (Fsp3) is 0.583. The van der Waals surface area contributed by atoms with Crippen LogP contribution in [-0.4, -0.2) is 46.2 Å². The summed E-state index contributed by atoms with van der Waals surface area (Å²) in [6.45, 7) is 7.13. The maximum Gasteiger partial charge on any atom is 0.244 e. The van der Waals surface area contributed by atoms with E-state index in [1.807, 2.05) is 27.0 Å². The van der Waals surface area contributed by atoms with Crippen molar-refractivity contribution in [3.8, 4) is 0 Å². The SMILES string of the molecule is CCN(CC)C(=O)C(C)Nc1cc(Cl)nc(SC)n1.